The lowest BCUT2D eigenvalue weighted by molar-refractivity contribution is 0.289. The van der Waals surface area contributed by atoms with Crippen LogP contribution in [0.1, 0.15) is 124 Å². The quantitative estimate of drug-likeness (QED) is 0.353. The lowest BCUT2D eigenvalue weighted by Gasteiger charge is -2.24. The highest BCUT2D eigenvalue weighted by Crippen LogP contribution is 2.60. The van der Waals surface area contributed by atoms with E-state index in [1.165, 1.54) is 44.9 Å². The average Bonchev–Trinajstić information content (AvgIpc) is 3.82. The van der Waals surface area contributed by atoms with Crippen molar-refractivity contribution in [1.29, 1.82) is 0 Å². The predicted octanol–water partition coefficient (Wildman–Crippen LogP) is 9.31. The van der Waals surface area contributed by atoms with Gasteiger partial charge in [0.05, 0.1) is 18.3 Å². The Balaban J connectivity index is 0.000000205. The van der Waals surface area contributed by atoms with Crippen LogP contribution in [0.4, 0.5) is 5.69 Å². The third-order valence-electron chi connectivity index (χ3n) is 10.2. The minimum absolute atomic E-state index is 0.123. The fourth-order valence-corrected chi connectivity index (χ4v) is 6.39. The predicted molar refractivity (Wildman–Crippen MR) is 167 cm³/mol. The Morgan fingerprint density at radius 3 is 2.18 bits per heavy atom. The number of nitrogens with zero attached hydrogens (tertiary/aromatic N) is 2. The van der Waals surface area contributed by atoms with E-state index in [9.17, 15) is 4.79 Å². The molecule has 1 aromatic carbocycles. The number of pyridine rings is 1. The number of hydrogen-bond donors (Lipinski definition) is 0. The van der Waals surface area contributed by atoms with E-state index >= 15 is 0 Å². The molecule has 6 rings (SSSR count). The van der Waals surface area contributed by atoms with Gasteiger partial charge >= 0.3 is 0 Å². The monoisotopic (exact) mass is 536 g/mol. The lowest BCUT2D eigenvalue weighted by Crippen LogP contribution is -2.22. The summed E-state index contributed by atoms with van der Waals surface area (Å²) < 4.78 is 8.16. The molecule has 2 heterocycles. The number of fused-ring (bicyclic) bond motifs is 1. The number of rotatable bonds is 7. The third kappa shape index (κ3) is 7.03. The summed E-state index contributed by atoms with van der Waals surface area (Å²) >= 11 is 0. The maximum atomic E-state index is 12.7. The van der Waals surface area contributed by atoms with Gasteiger partial charge < -0.3 is 14.2 Å². The summed E-state index contributed by atoms with van der Waals surface area (Å²) in [5, 5.41) is 0.784. The van der Waals surface area contributed by atoms with Crippen LogP contribution >= 0.6 is 0 Å². The van der Waals surface area contributed by atoms with Crippen LogP contribution < -0.4 is 15.1 Å². The third-order valence-corrected chi connectivity index (χ3v) is 10.2. The summed E-state index contributed by atoms with van der Waals surface area (Å²) in [6.07, 6.45) is 17.4. The van der Waals surface area contributed by atoms with Crippen LogP contribution in [0.15, 0.2) is 23.1 Å². The van der Waals surface area contributed by atoms with E-state index in [1.807, 2.05) is 19.2 Å². The standard InChI is InChI=1S/C21H28N2O2.C8H18.C6H10/c1-13(2)15-9-10-22(12-15)18-8-7-17-19(21(18)25-4)23(16-5-6-16)11-14(3)20(17)24;1-5-7-8(3,4)6-2;1-2-6(3-1)4-5-6/h7-8,11,13,15-16H,5-6,9-10,12H2,1-4H3;5-7H2,1-4H3;1-5H2. The number of aromatic nitrogens is 1. The minimum Gasteiger partial charge on any atom is -0.492 e. The Hall–Kier alpha value is -1.97. The molecule has 1 spiro atoms. The molecule has 39 heavy (non-hydrogen) atoms. The molecule has 0 amide bonds. The number of methoxy groups -OCH3 is 1. The van der Waals surface area contributed by atoms with Crippen LogP contribution in [0.2, 0.25) is 0 Å². The lowest BCUT2D eigenvalue weighted by atomic mass is 9.82. The van der Waals surface area contributed by atoms with Crippen molar-refractivity contribution in [1.82, 2.24) is 4.57 Å². The average molecular weight is 537 g/mol. The second-order valence-electron chi connectivity index (χ2n) is 14.2. The number of aryl methyl sites for hydroxylation is 1. The molecule has 0 N–H and O–H groups in total. The molecule has 3 aliphatic carbocycles. The molecule has 1 atom stereocenters. The second-order valence-corrected chi connectivity index (χ2v) is 14.2. The zero-order valence-corrected chi connectivity index (χ0v) is 26.4. The van der Waals surface area contributed by atoms with E-state index in [4.69, 9.17) is 4.74 Å². The summed E-state index contributed by atoms with van der Waals surface area (Å²) in [6.45, 7) is 17.8. The number of anilines is 1. The van der Waals surface area contributed by atoms with E-state index < -0.39 is 0 Å². The summed E-state index contributed by atoms with van der Waals surface area (Å²) in [6, 6.07) is 4.60. The zero-order valence-electron chi connectivity index (χ0n) is 26.4. The van der Waals surface area contributed by atoms with Crippen LogP contribution in [-0.4, -0.2) is 24.8 Å². The van der Waals surface area contributed by atoms with Gasteiger partial charge in [-0.25, -0.2) is 0 Å². The van der Waals surface area contributed by atoms with Crippen molar-refractivity contribution in [3.05, 3.63) is 34.1 Å². The van der Waals surface area contributed by atoms with E-state index in [2.05, 4.69) is 57.1 Å². The highest BCUT2D eigenvalue weighted by molar-refractivity contribution is 5.91. The Labute approximate surface area is 238 Å². The van der Waals surface area contributed by atoms with Crippen LogP contribution in [0.5, 0.6) is 5.75 Å². The number of hydrogen-bond acceptors (Lipinski definition) is 3. The Morgan fingerprint density at radius 2 is 1.77 bits per heavy atom. The first-order valence-corrected chi connectivity index (χ1v) is 16.0. The van der Waals surface area contributed by atoms with Crippen molar-refractivity contribution in [3.8, 4) is 5.75 Å². The highest BCUT2D eigenvalue weighted by atomic mass is 16.5. The molecule has 4 nitrogen and oxygen atoms in total. The van der Waals surface area contributed by atoms with E-state index in [1.54, 1.807) is 32.8 Å². The first-order chi connectivity index (χ1) is 18.5. The Bertz CT molecular complexity index is 1160. The molecule has 4 heteroatoms. The Morgan fingerprint density at radius 1 is 1.08 bits per heavy atom. The molecule has 1 unspecified atom stereocenters. The topological polar surface area (TPSA) is 34.5 Å². The fraction of sp³-hybridized carbons (Fsp3) is 0.743. The smallest absolute Gasteiger partial charge is 0.192 e. The Kier molecular flexibility index (Phi) is 9.44. The summed E-state index contributed by atoms with van der Waals surface area (Å²) in [4.78, 5) is 15.1. The minimum atomic E-state index is 0.123. The van der Waals surface area contributed by atoms with Crippen molar-refractivity contribution in [2.75, 3.05) is 25.1 Å². The van der Waals surface area contributed by atoms with Gasteiger partial charge in [-0.05, 0) is 93.1 Å². The van der Waals surface area contributed by atoms with Crippen molar-refractivity contribution in [2.24, 2.45) is 22.7 Å². The van der Waals surface area contributed by atoms with Gasteiger partial charge in [0.2, 0.25) is 0 Å². The molecule has 3 saturated carbocycles. The summed E-state index contributed by atoms with van der Waals surface area (Å²) in [5.41, 5.74) is 4.62. The van der Waals surface area contributed by atoms with Gasteiger partial charge in [0.25, 0.3) is 0 Å². The first-order valence-electron chi connectivity index (χ1n) is 16.0. The van der Waals surface area contributed by atoms with Crippen LogP contribution in [0.3, 0.4) is 0 Å². The van der Waals surface area contributed by atoms with Crippen molar-refractivity contribution in [3.63, 3.8) is 0 Å². The zero-order chi connectivity index (χ0) is 28.4. The molecule has 1 aromatic heterocycles. The molecular formula is C35H56N2O2. The first kappa shape index (κ1) is 30.0. The molecule has 0 bridgehead atoms. The molecule has 2 aromatic rings. The van der Waals surface area contributed by atoms with E-state index in [0.29, 0.717) is 17.4 Å². The molecule has 4 fully saturated rings. The van der Waals surface area contributed by atoms with Gasteiger partial charge in [-0.1, -0.05) is 60.8 Å². The van der Waals surface area contributed by atoms with Gasteiger partial charge in [0.1, 0.15) is 0 Å². The van der Waals surface area contributed by atoms with Crippen molar-refractivity contribution < 1.29 is 4.74 Å². The van der Waals surface area contributed by atoms with Crippen LogP contribution in [0.25, 0.3) is 10.9 Å². The number of ether oxygens (including phenoxy) is 1. The maximum absolute atomic E-state index is 12.7. The van der Waals surface area contributed by atoms with E-state index in [0.717, 1.165) is 52.3 Å². The van der Waals surface area contributed by atoms with Crippen LogP contribution in [-0.2, 0) is 0 Å². The largest absolute Gasteiger partial charge is 0.492 e. The molecule has 1 saturated heterocycles. The van der Waals surface area contributed by atoms with Crippen molar-refractivity contribution in [2.45, 2.75) is 125 Å². The fourth-order valence-electron chi connectivity index (χ4n) is 6.39. The number of benzene rings is 1. The van der Waals surface area contributed by atoms with Gasteiger partial charge in [-0.15, -0.1) is 0 Å². The van der Waals surface area contributed by atoms with E-state index in [-0.39, 0.29) is 5.43 Å². The van der Waals surface area contributed by atoms with Crippen molar-refractivity contribution >= 4 is 16.6 Å². The van der Waals surface area contributed by atoms with Gasteiger partial charge in [-0.3, -0.25) is 4.79 Å². The molecule has 218 valence electrons. The van der Waals surface area contributed by atoms with Crippen LogP contribution in [0, 0.1) is 29.6 Å². The highest BCUT2D eigenvalue weighted by Gasteiger charge is 2.47. The van der Waals surface area contributed by atoms with Gasteiger partial charge in [0, 0.05) is 36.3 Å². The second kappa shape index (κ2) is 12.3. The van der Waals surface area contributed by atoms with Gasteiger partial charge in [0.15, 0.2) is 11.2 Å². The molecular weight excluding hydrogens is 480 g/mol. The summed E-state index contributed by atoms with van der Waals surface area (Å²) in [5.74, 6) is 2.29. The molecule has 1 aliphatic heterocycles. The summed E-state index contributed by atoms with van der Waals surface area (Å²) in [7, 11) is 1.73. The normalized spacial score (nSPS) is 21.3. The molecule has 0 radical (unpaired) electrons. The van der Waals surface area contributed by atoms with Gasteiger partial charge in [-0.2, -0.15) is 0 Å². The SMILES string of the molecule is C1CC2(C1)CC2.CCCC(C)(C)CC.COc1c(N2CCC(C(C)C)C2)ccc2c(=O)c(C)cn(C3CC3)c12. The maximum Gasteiger partial charge on any atom is 0.192 e. The molecule has 4 aliphatic rings.